The Kier molecular flexibility index (Phi) is 6.72. The quantitative estimate of drug-likeness (QED) is 0.448. The van der Waals surface area contributed by atoms with Crippen molar-refractivity contribution in [2.75, 3.05) is 10.0 Å². The van der Waals surface area contributed by atoms with Crippen molar-refractivity contribution in [3.8, 4) is 11.5 Å². The summed E-state index contributed by atoms with van der Waals surface area (Å²) in [5.41, 5.74) is 1.33. The van der Waals surface area contributed by atoms with E-state index in [4.69, 9.17) is 16.3 Å². The van der Waals surface area contributed by atoms with Crippen molar-refractivity contribution in [1.29, 1.82) is 0 Å². The molecule has 0 aromatic heterocycles. The van der Waals surface area contributed by atoms with Gasteiger partial charge in [-0.1, -0.05) is 29.3 Å². The summed E-state index contributed by atoms with van der Waals surface area (Å²) in [5, 5.41) is 13.1. The number of rotatable bonds is 7. The molecule has 1 unspecified atom stereocenters. The number of carbonyl (C=O) groups excluding carboxylic acids is 1. The summed E-state index contributed by atoms with van der Waals surface area (Å²) in [7, 11) is -3.96. The number of sulfonamides is 1. The molecule has 0 aliphatic heterocycles. The third-order valence-corrected chi connectivity index (χ3v) is 5.97. The van der Waals surface area contributed by atoms with Crippen molar-refractivity contribution in [1.82, 2.24) is 0 Å². The minimum atomic E-state index is -3.96. The van der Waals surface area contributed by atoms with Gasteiger partial charge >= 0.3 is 0 Å². The fraction of sp³-hybridized carbons (Fsp3) is 0.136. The minimum absolute atomic E-state index is 0.0525. The van der Waals surface area contributed by atoms with Crippen LogP contribution in [0.15, 0.2) is 71.6 Å². The molecule has 3 aromatic carbocycles. The number of phenolic OH excluding ortho intramolecular Hbond substituents is 1. The predicted molar refractivity (Wildman–Crippen MR) is 120 cm³/mol. The first-order valence-corrected chi connectivity index (χ1v) is 11.2. The van der Waals surface area contributed by atoms with Crippen LogP contribution in [0.3, 0.4) is 0 Å². The molecular weight excluding hydrogens is 440 g/mol. The fourth-order valence-corrected chi connectivity index (χ4v) is 3.83. The van der Waals surface area contributed by atoms with E-state index < -0.39 is 22.0 Å². The summed E-state index contributed by atoms with van der Waals surface area (Å²) in [4.78, 5) is 12.4. The van der Waals surface area contributed by atoms with Crippen LogP contribution in [0.4, 0.5) is 11.4 Å². The number of anilines is 2. The number of aromatic hydroxyl groups is 1. The maximum Gasteiger partial charge on any atom is 0.265 e. The number of aryl methyl sites for hydroxylation is 1. The molecule has 0 aliphatic carbocycles. The fourth-order valence-electron chi connectivity index (χ4n) is 2.62. The van der Waals surface area contributed by atoms with E-state index in [9.17, 15) is 18.3 Å². The van der Waals surface area contributed by atoms with Gasteiger partial charge in [-0.25, -0.2) is 8.42 Å². The molecule has 0 saturated heterocycles. The first kappa shape index (κ1) is 22.5. The number of ether oxygens (including phenoxy) is 1. The molecule has 0 saturated carbocycles. The van der Waals surface area contributed by atoms with Crippen LogP contribution < -0.4 is 14.8 Å². The smallest absolute Gasteiger partial charge is 0.265 e. The molecule has 0 aliphatic rings. The van der Waals surface area contributed by atoms with Gasteiger partial charge in [-0.15, -0.1) is 0 Å². The van der Waals surface area contributed by atoms with E-state index in [1.807, 2.05) is 19.1 Å². The topological polar surface area (TPSA) is 105 Å². The van der Waals surface area contributed by atoms with Crippen molar-refractivity contribution in [3.63, 3.8) is 0 Å². The number of halogens is 1. The van der Waals surface area contributed by atoms with E-state index in [1.54, 1.807) is 31.2 Å². The highest BCUT2D eigenvalue weighted by Crippen LogP contribution is 2.28. The normalized spacial score (nSPS) is 12.1. The van der Waals surface area contributed by atoms with Gasteiger partial charge in [0.2, 0.25) is 0 Å². The average Bonchev–Trinajstić information content (AvgIpc) is 2.72. The third kappa shape index (κ3) is 5.90. The standard InChI is InChI=1S/C22H21ClN2O5S/c1-14-3-9-18(10-4-14)30-15(2)22(27)24-20-13-19(11-12-21(20)26)31(28,29)25-17-7-5-16(23)6-8-17/h3-13,15,25-26H,1-2H3,(H,24,27). The molecule has 0 bridgehead atoms. The second-order valence-corrected chi connectivity index (χ2v) is 8.97. The number of hydrogen-bond acceptors (Lipinski definition) is 5. The Morgan fingerprint density at radius 2 is 1.68 bits per heavy atom. The van der Waals surface area contributed by atoms with Crippen LogP contribution in [0.5, 0.6) is 11.5 Å². The number of phenols is 1. The van der Waals surface area contributed by atoms with Gasteiger partial charge < -0.3 is 15.2 Å². The van der Waals surface area contributed by atoms with Crippen LogP contribution in [-0.2, 0) is 14.8 Å². The van der Waals surface area contributed by atoms with E-state index in [-0.39, 0.29) is 16.3 Å². The summed E-state index contributed by atoms with van der Waals surface area (Å²) >= 11 is 5.81. The van der Waals surface area contributed by atoms with E-state index in [0.717, 1.165) is 5.56 Å². The van der Waals surface area contributed by atoms with Crippen molar-refractivity contribution >= 4 is 38.9 Å². The molecule has 7 nitrogen and oxygen atoms in total. The average molecular weight is 461 g/mol. The Morgan fingerprint density at radius 3 is 2.32 bits per heavy atom. The zero-order chi connectivity index (χ0) is 22.6. The number of carbonyl (C=O) groups is 1. The van der Waals surface area contributed by atoms with Crippen molar-refractivity contribution < 1.29 is 23.1 Å². The molecule has 0 radical (unpaired) electrons. The maximum atomic E-state index is 12.7. The summed E-state index contributed by atoms with van der Waals surface area (Å²) in [5.74, 6) is -0.307. The molecule has 3 rings (SSSR count). The lowest BCUT2D eigenvalue weighted by Gasteiger charge is -2.16. The highest BCUT2D eigenvalue weighted by Gasteiger charge is 2.20. The Hall–Kier alpha value is -3.23. The Morgan fingerprint density at radius 1 is 1.03 bits per heavy atom. The first-order chi connectivity index (χ1) is 14.6. The lowest BCUT2D eigenvalue weighted by Crippen LogP contribution is -2.30. The Balaban J connectivity index is 1.74. The van der Waals surface area contributed by atoms with Gasteiger partial charge in [-0.2, -0.15) is 0 Å². The molecule has 0 fully saturated rings. The first-order valence-electron chi connectivity index (χ1n) is 9.29. The van der Waals surface area contributed by atoms with Gasteiger partial charge in [0, 0.05) is 10.7 Å². The van der Waals surface area contributed by atoms with Gasteiger partial charge in [0.05, 0.1) is 10.6 Å². The van der Waals surface area contributed by atoms with Crippen LogP contribution in [0.25, 0.3) is 0 Å². The Bertz CT molecular complexity index is 1180. The zero-order valence-corrected chi connectivity index (χ0v) is 18.4. The van der Waals surface area contributed by atoms with E-state index in [1.165, 1.54) is 30.3 Å². The van der Waals surface area contributed by atoms with E-state index in [0.29, 0.717) is 16.5 Å². The lowest BCUT2D eigenvalue weighted by molar-refractivity contribution is -0.122. The highest BCUT2D eigenvalue weighted by molar-refractivity contribution is 7.92. The number of benzene rings is 3. The summed E-state index contributed by atoms with van der Waals surface area (Å²) < 4.78 is 33.4. The van der Waals surface area contributed by atoms with Gasteiger partial charge in [-0.3, -0.25) is 9.52 Å². The number of hydrogen-bond donors (Lipinski definition) is 3. The SMILES string of the molecule is Cc1ccc(OC(C)C(=O)Nc2cc(S(=O)(=O)Nc3ccc(Cl)cc3)ccc2O)cc1. The van der Waals surface area contributed by atoms with Crippen LogP contribution in [0.1, 0.15) is 12.5 Å². The van der Waals surface area contributed by atoms with Gasteiger partial charge in [-0.05, 0) is 68.4 Å². The molecule has 0 heterocycles. The molecule has 3 N–H and O–H groups in total. The maximum absolute atomic E-state index is 12.7. The van der Waals surface area contributed by atoms with Crippen LogP contribution in [0.2, 0.25) is 5.02 Å². The van der Waals surface area contributed by atoms with Crippen LogP contribution in [0, 0.1) is 6.92 Å². The minimum Gasteiger partial charge on any atom is -0.506 e. The molecule has 31 heavy (non-hydrogen) atoms. The molecule has 162 valence electrons. The van der Waals surface area contributed by atoms with Crippen molar-refractivity contribution in [2.24, 2.45) is 0 Å². The van der Waals surface area contributed by atoms with Crippen molar-refractivity contribution in [3.05, 3.63) is 77.3 Å². The second-order valence-electron chi connectivity index (χ2n) is 6.85. The van der Waals surface area contributed by atoms with Gasteiger partial charge in [0.1, 0.15) is 11.5 Å². The second kappa shape index (κ2) is 9.28. The lowest BCUT2D eigenvalue weighted by atomic mass is 10.2. The summed E-state index contributed by atoms with van der Waals surface area (Å²) in [6.07, 6.45) is -0.880. The van der Waals surface area contributed by atoms with Gasteiger partial charge in [0.25, 0.3) is 15.9 Å². The monoisotopic (exact) mass is 460 g/mol. The molecule has 1 atom stereocenters. The Labute approximate surface area is 185 Å². The summed E-state index contributed by atoms with van der Waals surface area (Å²) in [6, 6.07) is 16.9. The largest absolute Gasteiger partial charge is 0.506 e. The van der Waals surface area contributed by atoms with Crippen molar-refractivity contribution in [2.45, 2.75) is 24.8 Å². The summed E-state index contributed by atoms with van der Waals surface area (Å²) in [6.45, 7) is 3.49. The number of nitrogens with one attached hydrogen (secondary N) is 2. The molecular formula is C22H21ClN2O5S. The molecule has 9 heteroatoms. The van der Waals surface area contributed by atoms with E-state index >= 15 is 0 Å². The zero-order valence-electron chi connectivity index (χ0n) is 16.8. The molecule has 1 amide bonds. The third-order valence-electron chi connectivity index (χ3n) is 4.34. The number of amides is 1. The predicted octanol–water partition coefficient (Wildman–Crippen LogP) is 4.56. The van der Waals surface area contributed by atoms with Crippen LogP contribution in [-0.4, -0.2) is 25.5 Å². The van der Waals surface area contributed by atoms with E-state index in [2.05, 4.69) is 10.0 Å². The van der Waals surface area contributed by atoms with Gasteiger partial charge in [0.15, 0.2) is 6.10 Å². The molecule has 3 aromatic rings. The van der Waals surface area contributed by atoms with Crippen LogP contribution >= 0.6 is 11.6 Å². The molecule has 0 spiro atoms. The highest BCUT2D eigenvalue weighted by atomic mass is 35.5.